The van der Waals surface area contributed by atoms with Crippen LogP contribution in [0.15, 0.2) is 23.5 Å². The molecule has 0 aromatic rings. The highest BCUT2D eigenvalue weighted by atomic mass is 32.2. The van der Waals surface area contributed by atoms with E-state index in [2.05, 4.69) is 0 Å². The lowest BCUT2D eigenvalue weighted by Gasteiger charge is -2.30. The van der Waals surface area contributed by atoms with Crippen molar-refractivity contribution >= 4 is 9.84 Å². The van der Waals surface area contributed by atoms with E-state index in [9.17, 15) is 13.5 Å². The molecule has 0 amide bonds. The number of rotatable bonds is 1. The minimum absolute atomic E-state index is 0.180. The van der Waals surface area contributed by atoms with Crippen LogP contribution in [0.3, 0.4) is 0 Å². The van der Waals surface area contributed by atoms with Crippen LogP contribution in [-0.4, -0.2) is 25.0 Å². The molecule has 1 aliphatic carbocycles. The molecule has 0 aromatic heterocycles. The smallest absolute Gasteiger partial charge is 0.154 e. The second-order valence-corrected chi connectivity index (χ2v) is 7.74. The van der Waals surface area contributed by atoms with E-state index in [-0.39, 0.29) is 17.1 Å². The molecular formula is C12H20O3S. The maximum atomic E-state index is 11.6. The van der Waals surface area contributed by atoms with Crippen LogP contribution < -0.4 is 0 Å². The molecule has 16 heavy (non-hydrogen) atoms. The number of aliphatic hydroxyl groups is 1. The zero-order valence-corrected chi connectivity index (χ0v) is 11.3. The van der Waals surface area contributed by atoms with Crippen molar-refractivity contribution in [1.29, 1.82) is 0 Å². The molecule has 0 fully saturated rings. The summed E-state index contributed by atoms with van der Waals surface area (Å²) >= 11 is 0. The van der Waals surface area contributed by atoms with Gasteiger partial charge in [0.15, 0.2) is 9.84 Å². The third-order valence-corrected chi connectivity index (χ3v) is 4.40. The molecule has 0 spiro atoms. The first-order chi connectivity index (χ1) is 7.03. The number of sulfone groups is 1. The summed E-state index contributed by atoms with van der Waals surface area (Å²) < 4.78 is 23.2. The highest BCUT2D eigenvalue weighted by Gasteiger charge is 2.32. The Morgan fingerprint density at radius 2 is 1.75 bits per heavy atom. The van der Waals surface area contributed by atoms with Crippen molar-refractivity contribution in [1.82, 2.24) is 0 Å². The largest absolute Gasteiger partial charge is 0.508 e. The molecule has 1 aliphatic rings. The number of aliphatic hydroxyl groups excluding tert-OH is 1. The van der Waals surface area contributed by atoms with Crippen molar-refractivity contribution in [3.05, 3.63) is 23.5 Å². The number of hydrogen-bond donors (Lipinski definition) is 1. The molecule has 92 valence electrons. The number of allylic oxidation sites excluding steroid dienone is 2. The van der Waals surface area contributed by atoms with Gasteiger partial charge in [-0.3, -0.25) is 0 Å². The lowest BCUT2D eigenvalue weighted by atomic mass is 9.80. The van der Waals surface area contributed by atoms with Gasteiger partial charge < -0.3 is 5.11 Å². The summed E-state index contributed by atoms with van der Waals surface area (Å²) in [4.78, 5) is 0. The predicted octanol–water partition coefficient (Wildman–Crippen LogP) is 2.46. The molecule has 0 bridgehead atoms. The molecule has 3 nitrogen and oxygen atoms in total. The Balaban J connectivity index is 3.25. The van der Waals surface area contributed by atoms with E-state index in [0.717, 1.165) is 0 Å². The molecule has 2 atom stereocenters. The van der Waals surface area contributed by atoms with Crippen LogP contribution in [0, 0.1) is 11.3 Å². The van der Waals surface area contributed by atoms with Gasteiger partial charge in [-0.05, 0) is 23.0 Å². The monoisotopic (exact) mass is 244 g/mol. The molecule has 0 aromatic carbocycles. The zero-order chi connectivity index (χ0) is 12.7. The molecule has 0 radical (unpaired) electrons. The second-order valence-electron chi connectivity index (χ2n) is 5.54. The fraction of sp³-hybridized carbons (Fsp3) is 0.667. The number of hydrogen-bond acceptors (Lipinski definition) is 3. The Morgan fingerprint density at radius 3 is 2.12 bits per heavy atom. The summed E-state index contributed by atoms with van der Waals surface area (Å²) in [5.74, 6) is 0.0287. The van der Waals surface area contributed by atoms with Crippen LogP contribution in [0.4, 0.5) is 0 Å². The molecule has 2 unspecified atom stereocenters. The maximum absolute atomic E-state index is 11.6. The van der Waals surface area contributed by atoms with Crippen LogP contribution in [0.25, 0.3) is 0 Å². The van der Waals surface area contributed by atoms with Gasteiger partial charge in [-0.25, -0.2) is 8.42 Å². The van der Waals surface area contributed by atoms with Gasteiger partial charge in [0.1, 0.15) is 5.76 Å². The van der Waals surface area contributed by atoms with Crippen LogP contribution >= 0.6 is 0 Å². The van der Waals surface area contributed by atoms with Crippen LogP contribution in [0.2, 0.25) is 0 Å². The highest BCUT2D eigenvalue weighted by Crippen LogP contribution is 2.36. The predicted molar refractivity (Wildman–Crippen MR) is 66.0 cm³/mol. The Hall–Kier alpha value is -0.770. The van der Waals surface area contributed by atoms with E-state index < -0.39 is 15.1 Å². The topological polar surface area (TPSA) is 54.4 Å². The lowest BCUT2D eigenvalue weighted by molar-refractivity contribution is 0.365. The first-order valence-electron chi connectivity index (χ1n) is 5.36. The molecule has 0 heterocycles. The first kappa shape index (κ1) is 13.3. The van der Waals surface area contributed by atoms with E-state index in [4.69, 9.17) is 0 Å². The van der Waals surface area contributed by atoms with Crippen molar-refractivity contribution < 1.29 is 13.5 Å². The van der Waals surface area contributed by atoms with Crippen LogP contribution in [-0.2, 0) is 9.84 Å². The van der Waals surface area contributed by atoms with Gasteiger partial charge in [0.05, 0.1) is 5.25 Å². The van der Waals surface area contributed by atoms with Gasteiger partial charge >= 0.3 is 0 Å². The normalized spacial score (nSPS) is 27.3. The van der Waals surface area contributed by atoms with Crippen molar-refractivity contribution in [3.8, 4) is 0 Å². The summed E-state index contributed by atoms with van der Waals surface area (Å²) in [6.45, 7) is 7.67. The molecule has 1 rings (SSSR count). The fourth-order valence-corrected chi connectivity index (χ4v) is 3.22. The van der Waals surface area contributed by atoms with Crippen LogP contribution in [0.1, 0.15) is 27.7 Å². The molecule has 0 saturated carbocycles. The Labute approximate surface area is 97.8 Å². The summed E-state index contributed by atoms with van der Waals surface area (Å²) in [7, 11) is -3.12. The van der Waals surface area contributed by atoms with Gasteiger partial charge in [-0.2, -0.15) is 0 Å². The van der Waals surface area contributed by atoms with Crippen molar-refractivity contribution in [3.63, 3.8) is 0 Å². The molecule has 1 N–H and O–H groups in total. The van der Waals surface area contributed by atoms with E-state index in [0.29, 0.717) is 5.57 Å². The highest BCUT2D eigenvalue weighted by molar-refractivity contribution is 7.91. The van der Waals surface area contributed by atoms with Crippen molar-refractivity contribution in [2.24, 2.45) is 11.3 Å². The van der Waals surface area contributed by atoms with E-state index in [1.54, 1.807) is 19.1 Å². The van der Waals surface area contributed by atoms with E-state index in [1.807, 2.05) is 20.8 Å². The minimum Gasteiger partial charge on any atom is -0.508 e. The van der Waals surface area contributed by atoms with Gasteiger partial charge in [-0.15, -0.1) is 0 Å². The third kappa shape index (κ3) is 2.67. The van der Waals surface area contributed by atoms with Gasteiger partial charge in [0, 0.05) is 6.26 Å². The second kappa shape index (κ2) is 3.91. The Morgan fingerprint density at radius 1 is 1.25 bits per heavy atom. The van der Waals surface area contributed by atoms with Crippen molar-refractivity contribution in [2.45, 2.75) is 32.9 Å². The standard InChI is InChI=1S/C12H20O3S/c1-8-6-10(13)9(12(2,3)4)7-11(8)16(5,14)15/h6-8,11,13H,1-5H3. The van der Waals surface area contributed by atoms with E-state index >= 15 is 0 Å². The lowest BCUT2D eigenvalue weighted by Crippen LogP contribution is -2.30. The summed E-state index contributed by atoms with van der Waals surface area (Å²) in [6, 6.07) is 0. The van der Waals surface area contributed by atoms with Gasteiger partial charge in [0.2, 0.25) is 0 Å². The Bertz CT molecular complexity index is 435. The third-order valence-electron chi connectivity index (χ3n) is 2.85. The summed E-state index contributed by atoms with van der Waals surface area (Å²) in [6.07, 6.45) is 4.56. The molecule has 0 saturated heterocycles. The fourth-order valence-electron chi connectivity index (χ4n) is 1.98. The molecule has 0 aliphatic heterocycles. The van der Waals surface area contributed by atoms with Crippen molar-refractivity contribution in [2.75, 3.05) is 6.26 Å². The molecular weight excluding hydrogens is 224 g/mol. The SMILES string of the molecule is CC1C=C(O)C(C(C)(C)C)=CC1S(C)(=O)=O. The maximum Gasteiger partial charge on any atom is 0.154 e. The zero-order valence-electron chi connectivity index (χ0n) is 10.5. The first-order valence-corrected chi connectivity index (χ1v) is 7.31. The average Bonchev–Trinajstić information content (AvgIpc) is 1.97. The quantitative estimate of drug-likeness (QED) is 0.771. The average molecular weight is 244 g/mol. The minimum atomic E-state index is -3.12. The van der Waals surface area contributed by atoms with Gasteiger partial charge in [-0.1, -0.05) is 33.8 Å². The Kier molecular flexibility index (Phi) is 3.25. The van der Waals surface area contributed by atoms with Crippen LogP contribution in [0.5, 0.6) is 0 Å². The summed E-state index contributed by atoms with van der Waals surface area (Å²) in [5.41, 5.74) is 0.463. The van der Waals surface area contributed by atoms with E-state index in [1.165, 1.54) is 6.26 Å². The molecule has 4 heteroatoms. The summed E-state index contributed by atoms with van der Waals surface area (Å²) in [5, 5.41) is 9.33. The van der Waals surface area contributed by atoms with Gasteiger partial charge in [0.25, 0.3) is 0 Å².